The van der Waals surface area contributed by atoms with Crippen LogP contribution in [-0.2, 0) is 11.3 Å². The lowest BCUT2D eigenvalue weighted by Gasteiger charge is -2.22. The van der Waals surface area contributed by atoms with Gasteiger partial charge in [0, 0.05) is 37.5 Å². The van der Waals surface area contributed by atoms with Crippen molar-refractivity contribution in [2.24, 2.45) is 0 Å². The van der Waals surface area contributed by atoms with E-state index in [0.29, 0.717) is 19.1 Å². The maximum Gasteiger partial charge on any atom is 0.255 e. The van der Waals surface area contributed by atoms with Crippen molar-refractivity contribution in [1.29, 1.82) is 0 Å². The summed E-state index contributed by atoms with van der Waals surface area (Å²) in [6.45, 7) is 10.5. The quantitative estimate of drug-likeness (QED) is 0.745. The molecule has 0 amide bonds. The number of methoxy groups -OCH3 is 1. The van der Waals surface area contributed by atoms with E-state index >= 15 is 0 Å². The number of hydrogen-bond donors (Lipinski definition) is 1. The molecule has 114 valence electrons. The average Bonchev–Trinajstić information content (AvgIpc) is 2.43. The van der Waals surface area contributed by atoms with Crippen LogP contribution in [-0.4, -0.2) is 24.8 Å². The number of nitrogens with zero attached hydrogens (tertiary/aromatic N) is 1. The molecular weight excluding hydrogens is 252 g/mol. The molecule has 1 atom stereocenters. The molecule has 1 heterocycles. The molecule has 1 unspecified atom stereocenters. The zero-order chi connectivity index (χ0) is 15.1. The minimum absolute atomic E-state index is 0.135. The van der Waals surface area contributed by atoms with E-state index in [1.165, 1.54) is 0 Å². The Balaban J connectivity index is 3.02. The number of hydrogen-bond acceptors (Lipinski definition) is 3. The lowest BCUT2D eigenvalue weighted by molar-refractivity contribution is 0.199. The van der Waals surface area contributed by atoms with Gasteiger partial charge in [-0.1, -0.05) is 26.8 Å². The van der Waals surface area contributed by atoms with E-state index in [2.05, 4.69) is 39.1 Å². The lowest BCUT2D eigenvalue weighted by atomic mass is 10.1. The number of nitrogens with one attached hydrogen (secondary N) is 1. The van der Waals surface area contributed by atoms with Crippen molar-refractivity contribution >= 4 is 0 Å². The Labute approximate surface area is 122 Å². The van der Waals surface area contributed by atoms with Crippen molar-refractivity contribution in [3.63, 3.8) is 0 Å². The molecule has 4 heteroatoms. The van der Waals surface area contributed by atoms with Crippen molar-refractivity contribution in [3.8, 4) is 0 Å². The molecular formula is C16H28N2O2. The fourth-order valence-corrected chi connectivity index (χ4v) is 2.25. The third-order valence-electron chi connectivity index (χ3n) is 3.65. The Morgan fingerprint density at radius 2 is 2.00 bits per heavy atom. The summed E-state index contributed by atoms with van der Waals surface area (Å²) in [4.78, 5) is 12.7. The highest BCUT2D eigenvalue weighted by Gasteiger charge is 2.15. The highest BCUT2D eigenvalue weighted by molar-refractivity contribution is 5.19. The Morgan fingerprint density at radius 3 is 2.55 bits per heavy atom. The molecule has 0 aromatic carbocycles. The molecule has 0 aliphatic rings. The summed E-state index contributed by atoms with van der Waals surface area (Å²) >= 11 is 0. The third kappa shape index (κ3) is 4.18. The second kappa shape index (κ2) is 8.22. The lowest BCUT2D eigenvalue weighted by Crippen LogP contribution is -2.32. The smallest absolute Gasteiger partial charge is 0.255 e. The highest BCUT2D eigenvalue weighted by atomic mass is 16.5. The van der Waals surface area contributed by atoms with Gasteiger partial charge in [0.15, 0.2) is 0 Å². The molecule has 1 N–H and O–H groups in total. The van der Waals surface area contributed by atoms with Gasteiger partial charge in [0.05, 0.1) is 6.61 Å². The van der Waals surface area contributed by atoms with Crippen LogP contribution < -0.4 is 10.9 Å². The van der Waals surface area contributed by atoms with E-state index < -0.39 is 0 Å². The normalized spacial score (nSPS) is 12.9. The highest BCUT2D eigenvalue weighted by Crippen LogP contribution is 2.19. The van der Waals surface area contributed by atoms with Gasteiger partial charge in [-0.25, -0.2) is 0 Å². The van der Waals surface area contributed by atoms with Gasteiger partial charge in [0.25, 0.3) is 5.56 Å². The topological polar surface area (TPSA) is 43.3 Å². The van der Waals surface area contributed by atoms with Gasteiger partial charge in [-0.05, 0) is 25.3 Å². The number of pyridine rings is 1. The minimum atomic E-state index is 0.135. The third-order valence-corrected chi connectivity index (χ3v) is 3.65. The molecule has 0 saturated carbocycles. The summed E-state index contributed by atoms with van der Waals surface area (Å²) in [6.07, 6.45) is 0.959. The molecule has 0 saturated heterocycles. The fraction of sp³-hybridized carbons (Fsp3) is 0.688. The van der Waals surface area contributed by atoms with Crippen LogP contribution in [0.2, 0.25) is 0 Å². The van der Waals surface area contributed by atoms with Crippen LogP contribution in [0.25, 0.3) is 0 Å². The minimum Gasteiger partial charge on any atom is -0.383 e. The molecule has 0 bridgehead atoms. The first-order valence-electron chi connectivity index (χ1n) is 7.46. The molecule has 1 rings (SSSR count). The van der Waals surface area contributed by atoms with Crippen LogP contribution >= 0.6 is 0 Å². The van der Waals surface area contributed by atoms with Crippen LogP contribution in [0.15, 0.2) is 16.9 Å². The maximum absolute atomic E-state index is 12.7. The average molecular weight is 280 g/mol. The summed E-state index contributed by atoms with van der Waals surface area (Å²) < 4.78 is 6.95. The molecule has 0 aliphatic heterocycles. The summed E-state index contributed by atoms with van der Waals surface area (Å²) in [6, 6.07) is 4.28. The second-order valence-electron chi connectivity index (χ2n) is 5.54. The van der Waals surface area contributed by atoms with E-state index in [9.17, 15) is 4.79 Å². The van der Waals surface area contributed by atoms with Gasteiger partial charge in [0.1, 0.15) is 0 Å². The predicted molar refractivity (Wildman–Crippen MR) is 83.4 cm³/mol. The number of ether oxygens (including phenoxy) is 1. The van der Waals surface area contributed by atoms with E-state index in [-0.39, 0.29) is 11.6 Å². The van der Waals surface area contributed by atoms with Crippen molar-refractivity contribution in [2.45, 2.75) is 52.6 Å². The zero-order valence-corrected chi connectivity index (χ0v) is 13.4. The Bertz CT molecular complexity index is 466. The van der Waals surface area contributed by atoms with Gasteiger partial charge in [-0.3, -0.25) is 4.79 Å². The number of rotatable bonds is 8. The summed E-state index contributed by atoms with van der Waals surface area (Å²) in [5.74, 6) is 0.354. The van der Waals surface area contributed by atoms with E-state index in [1.807, 2.05) is 10.6 Å². The Hall–Kier alpha value is -1.13. The van der Waals surface area contributed by atoms with Gasteiger partial charge >= 0.3 is 0 Å². The van der Waals surface area contributed by atoms with Crippen LogP contribution in [0.4, 0.5) is 0 Å². The monoisotopic (exact) mass is 280 g/mol. The predicted octanol–water partition coefficient (Wildman–Crippen LogP) is 2.68. The largest absolute Gasteiger partial charge is 0.383 e. The van der Waals surface area contributed by atoms with E-state index in [0.717, 1.165) is 24.2 Å². The van der Waals surface area contributed by atoms with Gasteiger partial charge in [0.2, 0.25) is 0 Å². The van der Waals surface area contributed by atoms with E-state index in [1.54, 1.807) is 7.11 Å². The Morgan fingerprint density at radius 1 is 1.30 bits per heavy atom. The molecule has 0 spiro atoms. The summed E-state index contributed by atoms with van der Waals surface area (Å²) in [5, 5.41) is 3.24. The van der Waals surface area contributed by atoms with E-state index in [4.69, 9.17) is 4.74 Å². The van der Waals surface area contributed by atoms with Crippen LogP contribution in [0, 0.1) is 0 Å². The standard InChI is InChI=1S/C16H28N2O2/c1-6-13(4)18-15(12(2)3)8-7-14(16(18)19)11-17-9-10-20-5/h7-8,12-13,17H,6,9-11H2,1-5H3. The zero-order valence-electron chi connectivity index (χ0n) is 13.4. The Kier molecular flexibility index (Phi) is 6.96. The van der Waals surface area contributed by atoms with Gasteiger partial charge in [-0.15, -0.1) is 0 Å². The van der Waals surface area contributed by atoms with Crippen molar-refractivity contribution in [1.82, 2.24) is 9.88 Å². The SMILES string of the molecule is CCC(C)n1c(C(C)C)ccc(CNCCOC)c1=O. The molecule has 20 heavy (non-hydrogen) atoms. The van der Waals surface area contributed by atoms with Crippen LogP contribution in [0.3, 0.4) is 0 Å². The molecule has 4 nitrogen and oxygen atoms in total. The first-order valence-corrected chi connectivity index (χ1v) is 7.46. The van der Waals surface area contributed by atoms with Crippen molar-refractivity contribution in [2.75, 3.05) is 20.3 Å². The molecule has 1 aromatic rings. The summed E-state index contributed by atoms with van der Waals surface area (Å²) in [5.41, 5.74) is 2.08. The molecule has 0 aliphatic carbocycles. The molecule has 1 aromatic heterocycles. The fourth-order valence-electron chi connectivity index (χ4n) is 2.25. The maximum atomic E-state index is 12.7. The van der Waals surface area contributed by atoms with Gasteiger partial charge in [-0.2, -0.15) is 0 Å². The first kappa shape index (κ1) is 16.9. The first-order chi connectivity index (χ1) is 9.52. The van der Waals surface area contributed by atoms with Gasteiger partial charge < -0.3 is 14.6 Å². The van der Waals surface area contributed by atoms with Crippen molar-refractivity contribution in [3.05, 3.63) is 33.7 Å². The number of aromatic nitrogens is 1. The van der Waals surface area contributed by atoms with Crippen LogP contribution in [0.5, 0.6) is 0 Å². The second-order valence-corrected chi connectivity index (χ2v) is 5.54. The molecule has 0 radical (unpaired) electrons. The van der Waals surface area contributed by atoms with Crippen LogP contribution in [0.1, 0.15) is 57.3 Å². The van der Waals surface area contributed by atoms with Crippen molar-refractivity contribution < 1.29 is 4.74 Å². The molecule has 0 fully saturated rings. The summed E-state index contributed by atoms with van der Waals surface area (Å²) in [7, 11) is 1.68.